The summed E-state index contributed by atoms with van der Waals surface area (Å²) in [4.78, 5) is 16.3. The Labute approximate surface area is 103 Å². The van der Waals surface area contributed by atoms with Crippen LogP contribution in [-0.2, 0) is 4.74 Å². The first-order valence-corrected chi connectivity index (χ1v) is 5.94. The van der Waals surface area contributed by atoms with E-state index in [2.05, 4.69) is 11.1 Å². The van der Waals surface area contributed by atoms with Crippen LogP contribution in [0.3, 0.4) is 0 Å². The molecule has 0 atom stereocenters. The number of carbonyl (C=O) groups excluding carboxylic acids is 1. The number of nitrogen functional groups attached to an aromatic ring is 1. The smallest absolute Gasteiger partial charge is 0.350 e. The number of nitrogens with zero attached hydrogens (tertiary/aromatic N) is 1. The lowest BCUT2D eigenvalue weighted by Gasteiger charge is -2.01. The molecule has 5 heteroatoms. The van der Waals surface area contributed by atoms with E-state index in [-0.39, 0.29) is 5.97 Å². The van der Waals surface area contributed by atoms with Gasteiger partial charge >= 0.3 is 5.97 Å². The third-order valence-electron chi connectivity index (χ3n) is 2.09. The van der Waals surface area contributed by atoms with Crippen LogP contribution in [0.25, 0.3) is 11.3 Å². The number of hydrogen-bond donors (Lipinski definition) is 1. The summed E-state index contributed by atoms with van der Waals surface area (Å²) >= 11 is 1.14. The van der Waals surface area contributed by atoms with E-state index >= 15 is 0 Å². The zero-order valence-electron chi connectivity index (χ0n) is 9.27. The van der Waals surface area contributed by atoms with Crippen LogP contribution in [-0.4, -0.2) is 17.6 Å². The van der Waals surface area contributed by atoms with Crippen LogP contribution in [0, 0.1) is 6.07 Å². The van der Waals surface area contributed by atoms with Gasteiger partial charge < -0.3 is 10.5 Å². The molecule has 0 spiro atoms. The van der Waals surface area contributed by atoms with Gasteiger partial charge in [0, 0.05) is 5.56 Å². The SMILES string of the molecule is CCOC(=O)c1sc(N)nc1-c1c[c]ccc1. The maximum atomic E-state index is 11.7. The van der Waals surface area contributed by atoms with E-state index in [1.807, 2.05) is 12.1 Å². The molecule has 1 heterocycles. The molecule has 0 aliphatic rings. The third kappa shape index (κ3) is 2.45. The monoisotopic (exact) mass is 247 g/mol. The van der Waals surface area contributed by atoms with Crippen LogP contribution >= 0.6 is 11.3 Å². The van der Waals surface area contributed by atoms with Crippen molar-refractivity contribution in [2.75, 3.05) is 12.3 Å². The lowest BCUT2D eigenvalue weighted by Crippen LogP contribution is -2.03. The van der Waals surface area contributed by atoms with E-state index in [0.29, 0.717) is 22.3 Å². The maximum absolute atomic E-state index is 11.7. The first-order chi connectivity index (χ1) is 8.22. The largest absolute Gasteiger partial charge is 0.462 e. The van der Waals surface area contributed by atoms with Gasteiger partial charge in [-0.1, -0.05) is 29.5 Å². The topological polar surface area (TPSA) is 65.2 Å². The van der Waals surface area contributed by atoms with Crippen molar-refractivity contribution in [3.05, 3.63) is 35.2 Å². The summed E-state index contributed by atoms with van der Waals surface area (Å²) in [6.45, 7) is 2.09. The first-order valence-electron chi connectivity index (χ1n) is 5.12. The minimum atomic E-state index is -0.388. The molecule has 87 valence electrons. The van der Waals surface area contributed by atoms with Crippen molar-refractivity contribution in [1.29, 1.82) is 0 Å². The Kier molecular flexibility index (Phi) is 3.39. The van der Waals surface area contributed by atoms with E-state index in [1.54, 1.807) is 19.1 Å². The fraction of sp³-hybridized carbons (Fsp3) is 0.167. The number of hydrogen-bond acceptors (Lipinski definition) is 5. The number of aromatic nitrogens is 1. The number of esters is 1. The van der Waals surface area contributed by atoms with Gasteiger partial charge in [0.2, 0.25) is 0 Å². The summed E-state index contributed by atoms with van der Waals surface area (Å²) in [6, 6.07) is 10.2. The lowest BCUT2D eigenvalue weighted by molar-refractivity contribution is 0.0532. The minimum absolute atomic E-state index is 0.330. The fourth-order valence-electron chi connectivity index (χ4n) is 1.41. The molecule has 2 N–H and O–H groups in total. The van der Waals surface area contributed by atoms with Gasteiger partial charge in [-0.3, -0.25) is 0 Å². The van der Waals surface area contributed by atoms with E-state index in [1.165, 1.54) is 0 Å². The molecule has 1 aromatic carbocycles. The highest BCUT2D eigenvalue weighted by molar-refractivity contribution is 7.17. The molecule has 1 radical (unpaired) electrons. The molecule has 0 aliphatic carbocycles. The number of rotatable bonds is 3. The molecule has 0 aliphatic heterocycles. The van der Waals surface area contributed by atoms with Gasteiger partial charge in [0.05, 0.1) is 12.3 Å². The number of thiazole rings is 1. The zero-order valence-corrected chi connectivity index (χ0v) is 10.1. The van der Waals surface area contributed by atoms with Gasteiger partial charge in [-0.2, -0.15) is 0 Å². The van der Waals surface area contributed by atoms with Crippen LogP contribution in [0.2, 0.25) is 0 Å². The molecule has 1 aromatic heterocycles. The second-order valence-electron chi connectivity index (χ2n) is 3.24. The fourth-order valence-corrected chi connectivity index (χ4v) is 2.16. The molecule has 0 unspecified atom stereocenters. The summed E-state index contributed by atoms with van der Waals surface area (Å²) < 4.78 is 4.97. The van der Waals surface area contributed by atoms with Gasteiger partial charge in [-0.05, 0) is 19.1 Å². The number of nitrogens with two attached hydrogens (primary N) is 1. The predicted molar refractivity (Wildman–Crippen MR) is 66.8 cm³/mol. The van der Waals surface area contributed by atoms with Crippen molar-refractivity contribution in [3.63, 3.8) is 0 Å². The summed E-state index contributed by atoms with van der Waals surface area (Å²) in [5.74, 6) is -0.388. The molecule has 0 saturated heterocycles. The van der Waals surface area contributed by atoms with Gasteiger partial charge in [0.1, 0.15) is 4.88 Å². The van der Waals surface area contributed by atoms with E-state index in [4.69, 9.17) is 10.5 Å². The maximum Gasteiger partial charge on any atom is 0.350 e. The Bertz CT molecular complexity index is 523. The van der Waals surface area contributed by atoms with E-state index < -0.39 is 0 Å². The Morgan fingerprint density at radius 2 is 2.47 bits per heavy atom. The molecule has 0 fully saturated rings. The lowest BCUT2D eigenvalue weighted by atomic mass is 10.1. The summed E-state index contributed by atoms with van der Waals surface area (Å²) in [5.41, 5.74) is 7.01. The van der Waals surface area contributed by atoms with Crippen molar-refractivity contribution < 1.29 is 9.53 Å². The number of ether oxygens (including phenoxy) is 1. The molecule has 0 amide bonds. The average Bonchev–Trinajstić information content (AvgIpc) is 2.73. The first kappa shape index (κ1) is 11.6. The molecule has 4 nitrogen and oxygen atoms in total. The standard InChI is InChI=1S/C12H11N2O2S/c1-2-16-11(15)10-9(14-12(13)17-10)8-6-4-3-5-7-8/h3-4,6-7H,2H2,1H3,(H2,13,14). The van der Waals surface area contributed by atoms with Crippen LogP contribution in [0.5, 0.6) is 0 Å². The quantitative estimate of drug-likeness (QED) is 0.846. The Morgan fingerprint density at radius 3 is 3.12 bits per heavy atom. The van der Waals surface area contributed by atoms with Gasteiger partial charge in [0.25, 0.3) is 0 Å². The summed E-state index contributed by atoms with van der Waals surface area (Å²) in [6.07, 6.45) is 0. The summed E-state index contributed by atoms with van der Waals surface area (Å²) in [7, 11) is 0. The molecule has 2 rings (SSSR count). The number of benzene rings is 1. The van der Waals surface area contributed by atoms with Crippen LogP contribution in [0.4, 0.5) is 5.13 Å². The predicted octanol–water partition coefficient (Wildman–Crippen LogP) is 2.37. The number of carbonyl (C=O) groups is 1. The van der Waals surface area contributed by atoms with Crippen molar-refractivity contribution in [2.24, 2.45) is 0 Å². The highest BCUT2D eigenvalue weighted by atomic mass is 32.1. The highest BCUT2D eigenvalue weighted by Gasteiger charge is 2.19. The summed E-state index contributed by atoms with van der Waals surface area (Å²) in [5, 5.41) is 0.354. The van der Waals surface area contributed by atoms with Gasteiger partial charge in [0.15, 0.2) is 5.13 Å². The normalized spacial score (nSPS) is 10.2. The van der Waals surface area contributed by atoms with Crippen LogP contribution in [0.15, 0.2) is 24.3 Å². The highest BCUT2D eigenvalue weighted by Crippen LogP contribution is 2.29. The minimum Gasteiger partial charge on any atom is -0.462 e. The van der Waals surface area contributed by atoms with Crippen LogP contribution in [0.1, 0.15) is 16.6 Å². The average molecular weight is 247 g/mol. The molecule has 17 heavy (non-hydrogen) atoms. The molecule has 0 saturated carbocycles. The second-order valence-corrected chi connectivity index (χ2v) is 4.27. The van der Waals surface area contributed by atoms with Gasteiger partial charge in [-0.25, -0.2) is 9.78 Å². The van der Waals surface area contributed by atoms with Crippen molar-refractivity contribution in [2.45, 2.75) is 6.92 Å². The Balaban J connectivity index is 2.44. The Hall–Kier alpha value is -1.88. The molecular formula is C12H11N2O2S. The van der Waals surface area contributed by atoms with Crippen molar-refractivity contribution in [1.82, 2.24) is 4.98 Å². The van der Waals surface area contributed by atoms with E-state index in [0.717, 1.165) is 16.9 Å². The second kappa shape index (κ2) is 4.97. The van der Waals surface area contributed by atoms with Crippen molar-refractivity contribution in [3.8, 4) is 11.3 Å². The van der Waals surface area contributed by atoms with E-state index in [9.17, 15) is 4.79 Å². The molecule has 0 bridgehead atoms. The molecule has 2 aromatic rings. The zero-order chi connectivity index (χ0) is 12.3. The van der Waals surface area contributed by atoms with Crippen LogP contribution < -0.4 is 5.73 Å². The molecular weight excluding hydrogens is 236 g/mol. The Morgan fingerprint density at radius 1 is 1.65 bits per heavy atom. The van der Waals surface area contributed by atoms with Gasteiger partial charge in [-0.15, -0.1) is 0 Å². The number of anilines is 1. The third-order valence-corrected chi connectivity index (χ3v) is 2.95. The van der Waals surface area contributed by atoms with Crippen molar-refractivity contribution >= 4 is 22.4 Å².